The molecule has 0 bridgehead atoms. The number of nitrogens with one attached hydrogen (secondary N) is 1. The number of anilines is 1. The fraction of sp³-hybridized carbons (Fsp3) is 0.296. The highest BCUT2D eigenvalue weighted by Gasteiger charge is 2.16. The molecule has 0 fully saturated rings. The van der Waals surface area contributed by atoms with Gasteiger partial charge in [0, 0.05) is 5.69 Å². The SMILES string of the molecule is CC[C@@H](C)c1ccc(NC(=O)CSc2nnc(COc3ccc(C)cc3)n2Cc2ccco2)cc1. The van der Waals surface area contributed by atoms with Crippen LogP contribution in [0.1, 0.15) is 48.9 Å². The molecule has 1 N–H and O–H groups in total. The number of furan rings is 1. The number of amides is 1. The first-order valence-electron chi connectivity index (χ1n) is 11.7. The molecular weight excluding hydrogens is 460 g/mol. The summed E-state index contributed by atoms with van der Waals surface area (Å²) in [5.41, 5.74) is 3.22. The summed E-state index contributed by atoms with van der Waals surface area (Å²) in [7, 11) is 0. The molecule has 0 saturated carbocycles. The molecule has 0 spiro atoms. The van der Waals surface area contributed by atoms with Gasteiger partial charge in [-0.1, -0.05) is 55.4 Å². The average molecular weight is 491 g/mol. The maximum atomic E-state index is 12.6. The van der Waals surface area contributed by atoms with Gasteiger partial charge in [-0.05, 0) is 61.2 Å². The van der Waals surface area contributed by atoms with Crippen molar-refractivity contribution in [2.45, 2.75) is 51.4 Å². The molecule has 1 amide bonds. The van der Waals surface area contributed by atoms with E-state index in [2.05, 4.69) is 41.5 Å². The van der Waals surface area contributed by atoms with Crippen molar-refractivity contribution >= 4 is 23.4 Å². The molecule has 0 aliphatic rings. The van der Waals surface area contributed by atoms with Crippen LogP contribution in [0.4, 0.5) is 5.69 Å². The summed E-state index contributed by atoms with van der Waals surface area (Å²) < 4.78 is 13.4. The molecule has 4 aromatic rings. The van der Waals surface area contributed by atoms with Crippen LogP contribution in [0.3, 0.4) is 0 Å². The Morgan fingerprint density at radius 3 is 2.57 bits per heavy atom. The fourth-order valence-corrected chi connectivity index (χ4v) is 4.25. The maximum Gasteiger partial charge on any atom is 0.234 e. The number of aromatic nitrogens is 3. The minimum absolute atomic E-state index is 0.101. The molecular formula is C27H30N4O3S. The molecule has 1 atom stereocenters. The van der Waals surface area contributed by atoms with Crippen molar-refractivity contribution in [1.82, 2.24) is 14.8 Å². The molecule has 0 aliphatic carbocycles. The van der Waals surface area contributed by atoms with Crippen LogP contribution in [0.5, 0.6) is 5.75 Å². The zero-order valence-electron chi connectivity index (χ0n) is 20.2. The van der Waals surface area contributed by atoms with E-state index in [0.29, 0.717) is 23.4 Å². The van der Waals surface area contributed by atoms with Crippen molar-refractivity contribution in [3.8, 4) is 5.75 Å². The molecule has 7 nitrogen and oxygen atoms in total. The number of carbonyl (C=O) groups is 1. The third kappa shape index (κ3) is 6.76. The third-order valence-electron chi connectivity index (χ3n) is 5.78. The number of ether oxygens (including phenoxy) is 1. The Hall–Kier alpha value is -3.52. The predicted octanol–water partition coefficient (Wildman–Crippen LogP) is 6.05. The topological polar surface area (TPSA) is 82.2 Å². The van der Waals surface area contributed by atoms with Crippen LogP contribution >= 0.6 is 11.8 Å². The Morgan fingerprint density at radius 2 is 1.89 bits per heavy atom. The van der Waals surface area contributed by atoms with E-state index in [1.54, 1.807) is 6.26 Å². The van der Waals surface area contributed by atoms with E-state index in [9.17, 15) is 4.79 Å². The minimum Gasteiger partial charge on any atom is -0.486 e. The van der Waals surface area contributed by atoms with Crippen LogP contribution in [0.2, 0.25) is 0 Å². The monoisotopic (exact) mass is 490 g/mol. The molecule has 0 radical (unpaired) electrons. The van der Waals surface area contributed by atoms with Crippen LogP contribution in [0.25, 0.3) is 0 Å². The van der Waals surface area contributed by atoms with Gasteiger partial charge in [-0.25, -0.2) is 0 Å². The van der Waals surface area contributed by atoms with Crippen molar-refractivity contribution in [2.75, 3.05) is 11.1 Å². The summed E-state index contributed by atoms with van der Waals surface area (Å²) in [6, 6.07) is 19.6. The first-order chi connectivity index (χ1) is 17.0. The van der Waals surface area contributed by atoms with Crippen LogP contribution in [-0.2, 0) is 17.9 Å². The lowest BCUT2D eigenvalue weighted by molar-refractivity contribution is -0.113. The lowest BCUT2D eigenvalue weighted by atomic mass is 9.99. The van der Waals surface area contributed by atoms with Gasteiger partial charge in [0.05, 0.1) is 18.6 Å². The highest BCUT2D eigenvalue weighted by molar-refractivity contribution is 7.99. The molecule has 8 heteroatoms. The lowest BCUT2D eigenvalue weighted by Gasteiger charge is -2.11. The highest BCUT2D eigenvalue weighted by atomic mass is 32.2. The van der Waals surface area contributed by atoms with Crippen LogP contribution < -0.4 is 10.1 Å². The van der Waals surface area contributed by atoms with Gasteiger partial charge in [-0.2, -0.15) is 0 Å². The van der Waals surface area contributed by atoms with E-state index >= 15 is 0 Å². The average Bonchev–Trinajstić information content (AvgIpc) is 3.53. The Bertz CT molecular complexity index is 1220. The molecule has 2 aromatic heterocycles. The van der Waals surface area contributed by atoms with Crippen molar-refractivity contribution in [1.29, 1.82) is 0 Å². The van der Waals surface area contributed by atoms with Crippen molar-refractivity contribution < 1.29 is 13.9 Å². The number of rotatable bonds is 11. The van der Waals surface area contributed by atoms with E-state index in [4.69, 9.17) is 9.15 Å². The molecule has 4 rings (SSSR count). The third-order valence-corrected chi connectivity index (χ3v) is 6.75. The van der Waals surface area contributed by atoms with E-state index in [-0.39, 0.29) is 18.3 Å². The van der Waals surface area contributed by atoms with Gasteiger partial charge >= 0.3 is 0 Å². The second-order valence-corrected chi connectivity index (χ2v) is 9.38. The maximum absolute atomic E-state index is 12.6. The zero-order valence-corrected chi connectivity index (χ0v) is 21.0. The number of carbonyl (C=O) groups excluding carboxylic acids is 1. The van der Waals surface area contributed by atoms with Gasteiger partial charge in [0.2, 0.25) is 5.91 Å². The molecule has 35 heavy (non-hydrogen) atoms. The van der Waals surface area contributed by atoms with Gasteiger partial charge in [-0.3, -0.25) is 9.36 Å². The number of hydrogen-bond acceptors (Lipinski definition) is 6. The summed E-state index contributed by atoms with van der Waals surface area (Å²) in [4.78, 5) is 12.6. The van der Waals surface area contributed by atoms with Gasteiger partial charge in [0.1, 0.15) is 18.1 Å². The molecule has 0 saturated heterocycles. The largest absolute Gasteiger partial charge is 0.486 e. The summed E-state index contributed by atoms with van der Waals surface area (Å²) >= 11 is 1.33. The Balaban J connectivity index is 1.40. The molecule has 182 valence electrons. The predicted molar refractivity (Wildman–Crippen MR) is 138 cm³/mol. The smallest absolute Gasteiger partial charge is 0.234 e. The summed E-state index contributed by atoms with van der Waals surface area (Å²) in [5.74, 6) is 2.80. The Kier molecular flexibility index (Phi) is 8.26. The van der Waals surface area contributed by atoms with Crippen LogP contribution in [0, 0.1) is 6.92 Å². The second kappa shape index (κ2) is 11.8. The van der Waals surface area contributed by atoms with Gasteiger partial charge in [0.25, 0.3) is 0 Å². The number of thioether (sulfide) groups is 1. The Morgan fingerprint density at radius 1 is 1.11 bits per heavy atom. The fourth-order valence-electron chi connectivity index (χ4n) is 3.49. The van der Waals surface area contributed by atoms with Crippen molar-refractivity contribution in [2.24, 2.45) is 0 Å². The zero-order chi connectivity index (χ0) is 24.6. The van der Waals surface area contributed by atoms with Crippen LogP contribution in [0.15, 0.2) is 76.5 Å². The van der Waals surface area contributed by atoms with Gasteiger partial charge < -0.3 is 14.5 Å². The van der Waals surface area contributed by atoms with E-state index < -0.39 is 0 Å². The molecule has 0 unspecified atom stereocenters. The number of nitrogens with zero attached hydrogens (tertiary/aromatic N) is 3. The van der Waals surface area contributed by atoms with E-state index in [1.807, 2.05) is 60.0 Å². The van der Waals surface area contributed by atoms with Crippen molar-refractivity contribution in [3.05, 3.63) is 89.6 Å². The number of aryl methyl sites for hydroxylation is 1. The first-order valence-corrected chi connectivity index (χ1v) is 12.7. The van der Waals surface area contributed by atoms with Gasteiger partial charge in [-0.15, -0.1) is 10.2 Å². The normalized spacial score (nSPS) is 11.9. The minimum atomic E-state index is -0.101. The Labute approximate surface area is 209 Å². The van der Waals surface area contributed by atoms with Crippen molar-refractivity contribution in [3.63, 3.8) is 0 Å². The van der Waals surface area contributed by atoms with E-state index in [1.165, 1.54) is 22.9 Å². The first kappa shape index (κ1) is 24.6. The van der Waals surface area contributed by atoms with E-state index in [0.717, 1.165) is 23.6 Å². The standard InChI is InChI=1S/C27H30N4O3S/c1-4-20(3)21-9-11-22(12-10-21)28-26(32)18-35-27-30-29-25(31(27)16-24-6-5-15-33-24)17-34-23-13-7-19(2)8-14-23/h5-15,20H,4,16-18H2,1-3H3,(H,28,32)/t20-/m1/s1. The molecule has 2 aromatic carbocycles. The van der Waals surface area contributed by atoms with Crippen LogP contribution in [-0.4, -0.2) is 26.4 Å². The lowest BCUT2D eigenvalue weighted by Crippen LogP contribution is -2.15. The highest BCUT2D eigenvalue weighted by Crippen LogP contribution is 2.23. The molecule has 2 heterocycles. The molecule has 0 aliphatic heterocycles. The summed E-state index contributed by atoms with van der Waals surface area (Å²) in [6.07, 6.45) is 2.72. The second-order valence-electron chi connectivity index (χ2n) is 8.43. The van der Waals surface area contributed by atoms with Gasteiger partial charge in [0.15, 0.2) is 11.0 Å². The number of hydrogen-bond donors (Lipinski definition) is 1. The summed E-state index contributed by atoms with van der Waals surface area (Å²) in [6.45, 7) is 7.11. The number of benzene rings is 2. The summed E-state index contributed by atoms with van der Waals surface area (Å²) in [5, 5.41) is 12.2. The quantitative estimate of drug-likeness (QED) is 0.258.